The van der Waals surface area contributed by atoms with E-state index >= 15 is 0 Å². The molecule has 0 atom stereocenters. The molecule has 100 valence electrons. The molecule has 2 rings (SSSR count). The van der Waals surface area contributed by atoms with Gasteiger partial charge in [0.1, 0.15) is 0 Å². The number of benzene rings is 1. The molecule has 0 saturated heterocycles. The van der Waals surface area contributed by atoms with Crippen molar-refractivity contribution in [3.63, 3.8) is 0 Å². The number of nitrogens with zero attached hydrogens (tertiary/aromatic N) is 2. The fourth-order valence-electron chi connectivity index (χ4n) is 1.92. The first kappa shape index (κ1) is 13.2. The standard InChI is InChI=1S/C13H14N2O4/c16-8-4-3-7-15-12(17)10-6-2-1-5-9(10)11(14-15)13(18)19/h1-2,5-6,16H,3-4,7-8H2,(H,18,19). The highest BCUT2D eigenvalue weighted by Crippen LogP contribution is 2.13. The lowest BCUT2D eigenvalue weighted by molar-refractivity contribution is 0.0690. The van der Waals surface area contributed by atoms with Crippen LogP contribution in [0.25, 0.3) is 10.8 Å². The lowest BCUT2D eigenvalue weighted by Gasteiger charge is -2.08. The number of rotatable bonds is 5. The molecule has 1 heterocycles. The Kier molecular flexibility index (Phi) is 3.91. The Morgan fingerprint density at radius 2 is 1.89 bits per heavy atom. The van der Waals surface area contributed by atoms with Crippen LogP contribution < -0.4 is 5.56 Å². The molecular weight excluding hydrogens is 248 g/mol. The normalized spacial score (nSPS) is 10.8. The Balaban J connectivity index is 2.56. The Labute approximate surface area is 108 Å². The summed E-state index contributed by atoms with van der Waals surface area (Å²) in [6, 6.07) is 6.53. The number of aryl methyl sites for hydroxylation is 1. The first-order valence-electron chi connectivity index (χ1n) is 5.99. The van der Waals surface area contributed by atoms with E-state index in [0.717, 1.165) is 4.68 Å². The van der Waals surface area contributed by atoms with Crippen LogP contribution in [0.4, 0.5) is 0 Å². The number of aromatic carboxylic acids is 1. The summed E-state index contributed by atoms with van der Waals surface area (Å²) in [5.41, 5.74) is -0.433. The summed E-state index contributed by atoms with van der Waals surface area (Å²) in [7, 11) is 0. The van der Waals surface area contributed by atoms with E-state index in [9.17, 15) is 9.59 Å². The molecule has 0 fully saturated rings. The van der Waals surface area contributed by atoms with Crippen LogP contribution in [-0.2, 0) is 6.54 Å². The average Bonchev–Trinajstić information content (AvgIpc) is 2.41. The number of aromatic nitrogens is 2. The second-order valence-electron chi connectivity index (χ2n) is 4.16. The van der Waals surface area contributed by atoms with E-state index < -0.39 is 5.97 Å². The van der Waals surface area contributed by atoms with Crippen molar-refractivity contribution < 1.29 is 15.0 Å². The van der Waals surface area contributed by atoms with Gasteiger partial charge in [0.2, 0.25) is 0 Å². The number of unbranched alkanes of at least 4 members (excludes halogenated alkanes) is 1. The van der Waals surface area contributed by atoms with Gasteiger partial charge in [-0.05, 0) is 18.9 Å². The van der Waals surface area contributed by atoms with Gasteiger partial charge in [-0.1, -0.05) is 18.2 Å². The van der Waals surface area contributed by atoms with Crippen LogP contribution in [0, 0.1) is 0 Å². The molecule has 1 aromatic heterocycles. The SMILES string of the molecule is O=C(O)c1nn(CCCCO)c(=O)c2ccccc12. The van der Waals surface area contributed by atoms with Crippen LogP contribution in [0.2, 0.25) is 0 Å². The van der Waals surface area contributed by atoms with Gasteiger partial charge in [-0.25, -0.2) is 9.48 Å². The number of aliphatic hydroxyl groups excluding tert-OH is 1. The second-order valence-corrected chi connectivity index (χ2v) is 4.16. The van der Waals surface area contributed by atoms with Gasteiger partial charge in [-0.3, -0.25) is 4.79 Å². The number of hydrogen-bond donors (Lipinski definition) is 2. The topological polar surface area (TPSA) is 92.4 Å². The third-order valence-electron chi connectivity index (χ3n) is 2.85. The van der Waals surface area contributed by atoms with Crippen molar-refractivity contribution in [2.24, 2.45) is 0 Å². The highest BCUT2D eigenvalue weighted by molar-refractivity contribution is 6.01. The molecule has 0 bridgehead atoms. The van der Waals surface area contributed by atoms with Crippen molar-refractivity contribution in [1.82, 2.24) is 9.78 Å². The van der Waals surface area contributed by atoms with Crippen LogP contribution in [-0.4, -0.2) is 32.6 Å². The molecule has 0 radical (unpaired) electrons. The largest absolute Gasteiger partial charge is 0.476 e. The minimum Gasteiger partial charge on any atom is -0.476 e. The van der Waals surface area contributed by atoms with Crippen molar-refractivity contribution >= 4 is 16.7 Å². The molecule has 19 heavy (non-hydrogen) atoms. The predicted octanol–water partition coefficient (Wildman–Crippen LogP) is 0.867. The second kappa shape index (κ2) is 5.62. The summed E-state index contributed by atoms with van der Waals surface area (Å²) < 4.78 is 1.15. The molecule has 0 aliphatic rings. The molecule has 0 saturated carbocycles. The maximum absolute atomic E-state index is 12.1. The minimum absolute atomic E-state index is 0.0358. The summed E-state index contributed by atoms with van der Waals surface area (Å²) in [5, 5.41) is 22.5. The molecule has 6 heteroatoms. The van der Waals surface area contributed by atoms with Crippen molar-refractivity contribution in [2.45, 2.75) is 19.4 Å². The molecule has 2 aromatic rings. The van der Waals surface area contributed by atoms with Crippen LogP contribution in [0.3, 0.4) is 0 Å². The van der Waals surface area contributed by atoms with Gasteiger partial charge in [0, 0.05) is 18.5 Å². The third-order valence-corrected chi connectivity index (χ3v) is 2.85. The predicted molar refractivity (Wildman–Crippen MR) is 69.3 cm³/mol. The van der Waals surface area contributed by atoms with E-state index in [4.69, 9.17) is 10.2 Å². The highest BCUT2D eigenvalue weighted by Gasteiger charge is 2.15. The highest BCUT2D eigenvalue weighted by atomic mass is 16.4. The Morgan fingerprint density at radius 1 is 1.21 bits per heavy atom. The van der Waals surface area contributed by atoms with Gasteiger partial charge in [0.05, 0.1) is 5.39 Å². The summed E-state index contributed by atoms with van der Waals surface area (Å²) in [6.07, 6.45) is 1.12. The fraction of sp³-hybridized carbons (Fsp3) is 0.308. The van der Waals surface area contributed by atoms with E-state index in [2.05, 4.69) is 5.10 Å². The number of hydrogen-bond acceptors (Lipinski definition) is 4. The number of carboxylic acid groups (broad SMARTS) is 1. The van der Waals surface area contributed by atoms with Crippen LogP contribution in [0.15, 0.2) is 29.1 Å². The van der Waals surface area contributed by atoms with Gasteiger partial charge >= 0.3 is 5.97 Å². The molecule has 0 aliphatic carbocycles. The first-order valence-corrected chi connectivity index (χ1v) is 5.99. The van der Waals surface area contributed by atoms with Crippen molar-refractivity contribution in [2.75, 3.05) is 6.61 Å². The molecule has 0 aliphatic heterocycles. The number of fused-ring (bicyclic) bond motifs is 1. The van der Waals surface area contributed by atoms with E-state index in [1.807, 2.05) is 0 Å². The Morgan fingerprint density at radius 3 is 2.53 bits per heavy atom. The lowest BCUT2D eigenvalue weighted by Crippen LogP contribution is -2.26. The average molecular weight is 262 g/mol. The number of aliphatic hydroxyl groups is 1. The number of carbonyl (C=O) groups is 1. The zero-order chi connectivity index (χ0) is 13.8. The minimum atomic E-state index is -1.16. The molecule has 2 N–H and O–H groups in total. The van der Waals surface area contributed by atoms with Gasteiger partial charge in [-0.15, -0.1) is 0 Å². The van der Waals surface area contributed by atoms with E-state index in [1.54, 1.807) is 24.3 Å². The first-order chi connectivity index (χ1) is 9.15. The smallest absolute Gasteiger partial charge is 0.357 e. The summed E-state index contributed by atoms with van der Waals surface area (Å²) in [5.74, 6) is -1.16. The molecule has 6 nitrogen and oxygen atoms in total. The van der Waals surface area contributed by atoms with Crippen molar-refractivity contribution in [3.8, 4) is 0 Å². The van der Waals surface area contributed by atoms with Gasteiger partial charge in [0.25, 0.3) is 5.56 Å². The zero-order valence-electron chi connectivity index (χ0n) is 10.2. The van der Waals surface area contributed by atoms with E-state index in [1.165, 1.54) is 0 Å². The fourth-order valence-corrected chi connectivity index (χ4v) is 1.92. The maximum atomic E-state index is 12.1. The Hall–Kier alpha value is -2.21. The summed E-state index contributed by atoms with van der Waals surface area (Å²) >= 11 is 0. The molecule has 0 amide bonds. The van der Waals surface area contributed by atoms with Gasteiger partial charge < -0.3 is 10.2 Å². The Bertz CT molecular complexity index is 663. The quantitative estimate of drug-likeness (QED) is 0.780. The molecule has 1 aromatic carbocycles. The zero-order valence-corrected chi connectivity index (χ0v) is 10.2. The van der Waals surface area contributed by atoms with Crippen molar-refractivity contribution in [3.05, 3.63) is 40.3 Å². The monoisotopic (exact) mass is 262 g/mol. The maximum Gasteiger partial charge on any atom is 0.357 e. The van der Waals surface area contributed by atoms with Crippen LogP contribution in [0.1, 0.15) is 23.3 Å². The van der Waals surface area contributed by atoms with E-state index in [0.29, 0.717) is 30.2 Å². The summed E-state index contributed by atoms with van der Waals surface area (Å²) in [6.45, 7) is 0.332. The molecule has 0 spiro atoms. The molecular formula is C13H14N2O4. The van der Waals surface area contributed by atoms with Crippen LogP contribution >= 0.6 is 0 Å². The third kappa shape index (κ3) is 2.63. The van der Waals surface area contributed by atoms with Gasteiger partial charge in [0.15, 0.2) is 5.69 Å². The van der Waals surface area contributed by atoms with Gasteiger partial charge in [-0.2, -0.15) is 5.10 Å². The molecule has 0 unspecified atom stereocenters. The number of carboxylic acids is 1. The van der Waals surface area contributed by atoms with E-state index in [-0.39, 0.29) is 17.9 Å². The summed E-state index contributed by atoms with van der Waals surface area (Å²) in [4.78, 5) is 23.3. The lowest BCUT2D eigenvalue weighted by atomic mass is 10.1. The van der Waals surface area contributed by atoms with Crippen molar-refractivity contribution in [1.29, 1.82) is 0 Å². The van der Waals surface area contributed by atoms with Crippen LogP contribution in [0.5, 0.6) is 0 Å².